The molecule has 3 aliphatic heterocycles. The molecule has 1 atom stereocenters. The summed E-state index contributed by atoms with van der Waals surface area (Å²) in [5, 5.41) is 3.27. The van der Waals surface area contributed by atoms with Crippen molar-refractivity contribution in [3.05, 3.63) is 29.8 Å². The zero-order valence-corrected chi connectivity index (χ0v) is 17.2. The van der Waals surface area contributed by atoms with E-state index in [1.54, 1.807) is 7.11 Å². The average molecular weight is 402 g/mol. The van der Waals surface area contributed by atoms with Gasteiger partial charge in [-0.05, 0) is 30.5 Å². The first kappa shape index (κ1) is 20.2. The summed E-state index contributed by atoms with van der Waals surface area (Å²) < 4.78 is 11.0. The number of morpholine rings is 1. The number of piperidine rings is 1. The second-order valence-electron chi connectivity index (χ2n) is 8.56. The summed E-state index contributed by atoms with van der Waals surface area (Å²) in [7, 11) is 1.65. The van der Waals surface area contributed by atoms with Crippen LogP contribution in [0.4, 0.5) is 0 Å². The Morgan fingerprint density at radius 3 is 2.90 bits per heavy atom. The Labute approximate surface area is 172 Å². The fraction of sp³-hybridized carbons (Fsp3) is 0.636. The number of nitrogens with one attached hydrogen (secondary N) is 1. The van der Waals surface area contributed by atoms with Crippen LogP contribution in [-0.4, -0.2) is 74.2 Å². The van der Waals surface area contributed by atoms with E-state index in [9.17, 15) is 9.59 Å². The lowest BCUT2D eigenvalue weighted by Gasteiger charge is -2.39. The van der Waals surface area contributed by atoms with Crippen molar-refractivity contribution in [2.24, 2.45) is 5.41 Å². The summed E-state index contributed by atoms with van der Waals surface area (Å²) in [6.45, 7) is 5.15. The van der Waals surface area contributed by atoms with Crippen molar-refractivity contribution in [2.45, 2.75) is 38.3 Å². The Morgan fingerprint density at radius 2 is 2.17 bits per heavy atom. The zero-order valence-electron chi connectivity index (χ0n) is 17.2. The second kappa shape index (κ2) is 8.71. The van der Waals surface area contributed by atoms with E-state index in [4.69, 9.17) is 9.47 Å². The monoisotopic (exact) mass is 401 g/mol. The molecule has 1 aromatic rings. The predicted molar refractivity (Wildman–Crippen MR) is 109 cm³/mol. The third-order valence-corrected chi connectivity index (χ3v) is 6.50. The number of benzene rings is 1. The Hall–Kier alpha value is -2.12. The maximum absolute atomic E-state index is 12.7. The van der Waals surface area contributed by atoms with Crippen LogP contribution in [0.15, 0.2) is 24.3 Å². The number of likely N-dealkylation sites (tertiary alicyclic amines) is 2. The van der Waals surface area contributed by atoms with Gasteiger partial charge in [0.05, 0.1) is 26.2 Å². The molecule has 3 heterocycles. The van der Waals surface area contributed by atoms with Crippen LogP contribution in [-0.2, 0) is 20.9 Å². The van der Waals surface area contributed by atoms with Gasteiger partial charge in [-0.2, -0.15) is 0 Å². The molecule has 0 saturated carbocycles. The van der Waals surface area contributed by atoms with Crippen molar-refractivity contribution in [3.8, 4) is 5.75 Å². The van der Waals surface area contributed by atoms with Gasteiger partial charge in [-0.1, -0.05) is 12.1 Å². The minimum atomic E-state index is -0.0152. The summed E-state index contributed by atoms with van der Waals surface area (Å²) in [6, 6.07) is 7.89. The molecule has 29 heavy (non-hydrogen) atoms. The maximum atomic E-state index is 12.7. The fourth-order valence-corrected chi connectivity index (χ4v) is 4.76. The third kappa shape index (κ3) is 4.73. The number of amides is 2. The Bertz CT molecular complexity index is 739. The molecule has 1 spiro atoms. The quantitative estimate of drug-likeness (QED) is 0.808. The van der Waals surface area contributed by atoms with Gasteiger partial charge in [0.15, 0.2) is 0 Å². The molecule has 0 radical (unpaired) electrons. The van der Waals surface area contributed by atoms with Crippen LogP contribution >= 0.6 is 0 Å². The Balaban J connectivity index is 1.30. The van der Waals surface area contributed by atoms with Gasteiger partial charge in [0.2, 0.25) is 11.8 Å². The minimum Gasteiger partial charge on any atom is -0.497 e. The second-order valence-corrected chi connectivity index (χ2v) is 8.56. The largest absolute Gasteiger partial charge is 0.497 e. The summed E-state index contributed by atoms with van der Waals surface area (Å²) in [5.41, 5.74) is 1.10. The first-order chi connectivity index (χ1) is 14.1. The molecule has 0 aromatic heterocycles. The number of nitrogens with zero attached hydrogens (tertiary/aromatic N) is 2. The maximum Gasteiger partial charge on any atom is 0.225 e. The van der Waals surface area contributed by atoms with Crippen LogP contribution in [0.25, 0.3) is 0 Å². The van der Waals surface area contributed by atoms with E-state index in [-0.39, 0.29) is 23.3 Å². The van der Waals surface area contributed by atoms with Crippen LogP contribution in [0, 0.1) is 5.41 Å². The summed E-state index contributed by atoms with van der Waals surface area (Å²) >= 11 is 0. The van der Waals surface area contributed by atoms with Crippen LogP contribution < -0.4 is 10.1 Å². The highest BCUT2D eigenvalue weighted by Crippen LogP contribution is 2.41. The number of hydrogen-bond acceptors (Lipinski definition) is 5. The van der Waals surface area contributed by atoms with Gasteiger partial charge >= 0.3 is 0 Å². The molecule has 3 saturated heterocycles. The number of carbonyl (C=O) groups excluding carboxylic acids is 2. The van der Waals surface area contributed by atoms with Gasteiger partial charge in [-0.3, -0.25) is 9.59 Å². The predicted octanol–water partition coefficient (Wildman–Crippen LogP) is 1.41. The number of carbonyl (C=O) groups is 2. The van der Waals surface area contributed by atoms with E-state index >= 15 is 0 Å². The lowest BCUT2D eigenvalue weighted by atomic mass is 9.77. The summed E-state index contributed by atoms with van der Waals surface area (Å²) in [6.07, 6.45) is 2.81. The lowest BCUT2D eigenvalue weighted by Crippen LogP contribution is -2.47. The summed E-state index contributed by atoms with van der Waals surface area (Å²) in [5.74, 6) is 1.20. The van der Waals surface area contributed by atoms with Crippen molar-refractivity contribution in [1.82, 2.24) is 15.1 Å². The molecule has 4 rings (SSSR count). The third-order valence-electron chi connectivity index (χ3n) is 6.50. The van der Waals surface area contributed by atoms with E-state index in [2.05, 4.69) is 5.32 Å². The highest BCUT2D eigenvalue weighted by molar-refractivity contribution is 5.80. The summed E-state index contributed by atoms with van der Waals surface area (Å²) in [4.78, 5) is 29.2. The molecular formula is C22H31N3O4. The van der Waals surface area contributed by atoms with Crippen LogP contribution in [0.1, 0.15) is 31.2 Å². The number of hydrogen-bond donors (Lipinski definition) is 1. The standard InChI is InChI=1S/C22H31N3O4/c1-28-18-4-2-3-17(11-18)15-25-16-22(13-21(25)27)5-8-24(9-6-22)20(26)12-19-14-23-7-10-29-19/h2-4,11,19,23H,5-10,12-16H2,1H3. The van der Waals surface area contributed by atoms with Crippen molar-refractivity contribution in [2.75, 3.05) is 46.4 Å². The van der Waals surface area contributed by atoms with Crippen molar-refractivity contribution >= 4 is 11.8 Å². The molecule has 1 N–H and O–H groups in total. The molecule has 3 aliphatic rings. The highest BCUT2D eigenvalue weighted by Gasteiger charge is 2.45. The van der Waals surface area contributed by atoms with Gasteiger partial charge in [0, 0.05) is 51.1 Å². The van der Waals surface area contributed by atoms with Crippen LogP contribution in [0.2, 0.25) is 0 Å². The number of methoxy groups -OCH3 is 1. The van der Waals surface area contributed by atoms with Crippen molar-refractivity contribution in [1.29, 1.82) is 0 Å². The molecule has 1 aromatic carbocycles. The highest BCUT2D eigenvalue weighted by atomic mass is 16.5. The topological polar surface area (TPSA) is 71.1 Å². The molecule has 158 valence electrons. The van der Waals surface area contributed by atoms with Gasteiger partial charge in [-0.15, -0.1) is 0 Å². The van der Waals surface area contributed by atoms with Crippen LogP contribution in [0.5, 0.6) is 5.75 Å². The van der Waals surface area contributed by atoms with Gasteiger partial charge in [-0.25, -0.2) is 0 Å². The first-order valence-electron chi connectivity index (χ1n) is 10.6. The molecule has 1 unspecified atom stereocenters. The molecule has 2 amide bonds. The molecule has 7 nitrogen and oxygen atoms in total. The fourth-order valence-electron chi connectivity index (χ4n) is 4.76. The van der Waals surface area contributed by atoms with E-state index in [0.717, 1.165) is 56.9 Å². The minimum absolute atomic E-state index is 0.00955. The molecular weight excluding hydrogens is 370 g/mol. The lowest BCUT2D eigenvalue weighted by molar-refractivity contribution is -0.137. The first-order valence-corrected chi connectivity index (χ1v) is 10.6. The molecule has 0 aliphatic carbocycles. The van der Waals surface area contributed by atoms with Gasteiger partial charge in [0.25, 0.3) is 0 Å². The van der Waals surface area contributed by atoms with Gasteiger partial charge in [0.1, 0.15) is 5.75 Å². The van der Waals surface area contributed by atoms with E-state index < -0.39 is 0 Å². The van der Waals surface area contributed by atoms with E-state index in [1.807, 2.05) is 34.1 Å². The van der Waals surface area contributed by atoms with Crippen molar-refractivity contribution in [3.63, 3.8) is 0 Å². The number of ether oxygens (including phenoxy) is 2. The van der Waals surface area contributed by atoms with Gasteiger partial charge < -0.3 is 24.6 Å². The zero-order chi connectivity index (χ0) is 20.3. The average Bonchev–Trinajstić information content (AvgIpc) is 3.03. The number of rotatable bonds is 5. The van der Waals surface area contributed by atoms with E-state index in [1.165, 1.54) is 0 Å². The van der Waals surface area contributed by atoms with Crippen molar-refractivity contribution < 1.29 is 19.1 Å². The van der Waals surface area contributed by atoms with E-state index in [0.29, 0.717) is 26.0 Å². The molecule has 7 heteroatoms. The normalized spacial score (nSPS) is 24.2. The SMILES string of the molecule is COc1cccc(CN2CC3(CCN(C(=O)CC4CNCCO4)CC3)CC2=O)c1. The molecule has 0 bridgehead atoms. The van der Waals surface area contributed by atoms with Crippen LogP contribution in [0.3, 0.4) is 0 Å². The Morgan fingerprint density at radius 1 is 1.34 bits per heavy atom. The Kier molecular flexibility index (Phi) is 6.06. The smallest absolute Gasteiger partial charge is 0.225 e. The molecule has 3 fully saturated rings.